The molecule has 1 amide bonds. The van der Waals surface area contributed by atoms with Crippen molar-refractivity contribution in [3.8, 4) is 5.75 Å². The van der Waals surface area contributed by atoms with Crippen molar-refractivity contribution in [2.75, 3.05) is 19.5 Å². The first-order valence-electron chi connectivity index (χ1n) is 8.35. The second kappa shape index (κ2) is 10.7. The van der Waals surface area contributed by atoms with Gasteiger partial charge in [-0.05, 0) is 0 Å². The van der Waals surface area contributed by atoms with Gasteiger partial charge in [-0.2, -0.15) is 10.2 Å². The van der Waals surface area contributed by atoms with Crippen LogP contribution in [0.3, 0.4) is 0 Å². The van der Waals surface area contributed by atoms with Crippen molar-refractivity contribution in [1.29, 1.82) is 5.41 Å². The molecule has 0 saturated carbocycles. The van der Waals surface area contributed by atoms with E-state index in [-0.39, 0.29) is 12.1 Å². The zero-order valence-corrected chi connectivity index (χ0v) is 16.6. The summed E-state index contributed by atoms with van der Waals surface area (Å²) in [6.07, 6.45) is 6.44. The molecule has 10 nitrogen and oxygen atoms in total. The number of thiazole rings is 1. The standard InChI is InChI=1S/C17H21FN8O2S/c1-21-17-16(29-15(25-17)5-12(20)11(18)6-19)10(7-22-24-9-27)3-4-13-14(28-2)8-23-26-13/h3,6-9,19,21H,4-5,20H2,1-2H3,(H,23,26)(H,24,27)/b10-3+,12-11?,19-6?,22-7-. The van der Waals surface area contributed by atoms with E-state index >= 15 is 0 Å². The maximum atomic E-state index is 13.5. The highest BCUT2D eigenvalue weighted by Gasteiger charge is 2.15. The molecule has 29 heavy (non-hydrogen) atoms. The third-order valence-corrected chi connectivity index (χ3v) is 4.81. The van der Waals surface area contributed by atoms with Crippen LogP contribution in [0.5, 0.6) is 5.75 Å². The molecule has 0 aromatic carbocycles. The molecule has 0 aliphatic rings. The highest BCUT2D eigenvalue weighted by molar-refractivity contribution is 7.13. The Bertz CT molecular complexity index is 947. The number of nitrogens with zero attached hydrogens (tertiary/aromatic N) is 3. The zero-order chi connectivity index (χ0) is 21.2. The molecule has 154 valence electrons. The SMILES string of the molecule is CNc1nc(CC(N)=C(F)C=N)sc1C(/C=N\NC=O)=C/Cc1[nH]ncc1OC. The van der Waals surface area contributed by atoms with Gasteiger partial charge in [0.25, 0.3) is 0 Å². The highest BCUT2D eigenvalue weighted by Crippen LogP contribution is 2.31. The minimum atomic E-state index is -0.799. The fraction of sp³-hybridized carbons (Fsp3) is 0.235. The molecule has 2 aromatic rings. The minimum absolute atomic E-state index is 0.0615. The maximum absolute atomic E-state index is 13.5. The number of nitrogens with one attached hydrogen (secondary N) is 4. The van der Waals surface area contributed by atoms with Crippen LogP contribution in [0.25, 0.3) is 5.57 Å². The fourth-order valence-electron chi connectivity index (χ4n) is 2.32. The number of ether oxygens (including phenoxy) is 1. The Morgan fingerprint density at radius 3 is 3.00 bits per heavy atom. The van der Waals surface area contributed by atoms with E-state index in [2.05, 4.69) is 31.0 Å². The van der Waals surface area contributed by atoms with Crippen LogP contribution in [-0.4, -0.2) is 48.2 Å². The van der Waals surface area contributed by atoms with Gasteiger partial charge in [-0.25, -0.2) is 14.8 Å². The summed E-state index contributed by atoms with van der Waals surface area (Å²) in [4.78, 5) is 15.7. The average Bonchev–Trinajstić information content (AvgIpc) is 3.36. The third kappa shape index (κ3) is 5.72. The first-order valence-corrected chi connectivity index (χ1v) is 9.16. The second-order valence-electron chi connectivity index (χ2n) is 5.52. The monoisotopic (exact) mass is 420 g/mol. The normalized spacial score (nSPS) is 12.6. The number of aromatic amines is 1. The number of hydrogen-bond acceptors (Lipinski definition) is 9. The van der Waals surface area contributed by atoms with E-state index in [0.29, 0.717) is 41.2 Å². The van der Waals surface area contributed by atoms with Crippen molar-refractivity contribution >= 4 is 41.6 Å². The van der Waals surface area contributed by atoms with Gasteiger partial charge in [0.15, 0.2) is 11.6 Å². The summed E-state index contributed by atoms with van der Waals surface area (Å²) in [5.74, 6) is 0.363. The van der Waals surface area contributed by atoms with Gasteiger partial charge in [0.1, 0.15) is 10.8 Å². The summed E-state index contributed by atoms with van der Waals surface area (Å²) in [5, 5.41) is 21.2. The minimum Gasteiger partial charge on any atom is -0.493 e. The fourth-order valence-corrected chi connectivity index (χ4v) is 3.42. The number of aromatic nitrogens is 3. The molecule has 0 unspecified atom stereocenters. The van der Waals surface area contributed by atoms with E-state index in [1.54, 1.807) is 20.4 Å². The molecule has 2 heterocycles. The van der Waals surface area contributed by atoms with Gasteiger partial charge in [0, 0.05) is 25.5 Å². The Morgan fingerprint density at radius 2 is 2.34 bits per heavy atom. The third-order valence-electron chi connectivity index (χ3n) is 3.70. The van der Waals surface area contributed by atoms with E-state index in [0.717, 1.165) is 10.6 Å². The molecule has 0 aliphatic carbocycles. The van der Waals surface area contributed by atoms with Gasteiger partial charge in [-0.15, -0.1) is 11.3 Å². The Hall–Kier alpha value is -3.54. The lowest BCUT2D eigenvalue weighted by molar-refractivity contribution is -0.109. The topological polar surface area (TPSA) is 154 Å². The van der Waals surface area contributed by atoms with Crippen LogP contribution >= 0.6 is 11.3 Å². The summed E-state index contributed by atoms with van der Waals surface area (Å²) in [6, 6.07) is 0. The van der Waals surface area contributed by atoms with Gasteiger partial charge < -0.3 is 21.2 Å². The summed E-state index contributed by atoms with van der Waals surface area (Å²) in [7, 11) is 3.25. The molecule has 0 fully saturated rings. The molecule has 0 atom stereocenters. The first-order chi connectivity index (χ1) is 14.0. The number of allylic oxidation sites excluding steroid dienone is 4. The van der Waals surface area contributed by atoms with Crippen molar-refractivity contribution in [1.82, 2.24) is 20.6 Å². The lowest BCUT2D eigenvalue weighted by Crippen LogP contribution is -2.04. The molecule has 0 radical (unpaired) electrons. The van der Waals surface area contributed by atoms with E-state index in [1.807, 2.05) is 6.08 Å². The number of anilines is 1. The maximum Gasteiger partial charge on any atom is 0.227 e. The molecule has 0 bridgehead atoms. The Kier molecular flexibility index (Phi) is 8.03. The molecule has 6 N–H and O–H groups in total. The Balaban J connectivity index is 2.40. The van der Waals surface area contributed by atoms with E-state index in [9.17, 15) is 9.18 Å². The largest absolute Gasteiger partial charge is 0.493 e. The van der Waals surface area contributed by atoms with Gasteiger partial charge in [0.2, 0.25) is 6.41 Å². The van der Waals surface area contributed by atoms with Gasteiger partial charge in [-0.3, -0.25) is 9.89 Å². The summed E-state index contributed by atoms with van der Waals surface area (Å²) >= 11 is 1.29. The number of halogens is 1. The van der Waals surface area contributed by atoms with Crippen LogP contribution in [0, 0.1) is 5.41 Å². The average molecular weight is 420 g/mol. The molecular weight excluding hydrogens is 399 g/mol. The summed E-state index contributed by atoms with van der Waals surface area (Å²) in [6.45, 7) is 0. The number of nitrogens with two attached hydrogens (primary N) is 1. The highest BCUT2D eigenvalue weighted by atomic mass is 32.1. The predicted molar refractivity (Wildman–Crippen MR) is 111 cm³/mol. The van der Waals surface area contributed by atoms with Crippen molar-refractivity contribution in [2.24, 2.45) is 10.8 Å². The van der Waals surface area contributed by atoms with E-state index < -0.39 is 5.83 Å². The van der Waals surface area contributed by atoms with Crippen molar-refractivity contribution in [2.45, 2.75) is 12.8 Å². The summed E-state index contributed by atoms with van der Waals surface area (Å²) < 4.78 is 18.7. The number of hydrogen-bond donors (Lipinski definition) is 5. The molecule has 0 spiro atoms. The summed E-state index contributed by atoms with van der Waals surface area (Å²) in [5.41, 5.74) is 9.25. The Morgan fingerprint density at radius 1 is 1.55 bits per heavy atom. The number of carbonyl (C=O) groups is 1. The number of carbonyl (C=O) groups excluding carboxylic acids is 1. The molecule has 0 saturated heterocycles. The number of amides is 1. The second-order valence-corrected chi connectivity index (χ2v) is 6.60. The first kappa shape index (κ1) is 21.8. The van der Waals surface area contributed by atoms with Crippen LogP contribution in [-0.2, 0) is 17.6 Å². The predicted octanol–water partition coefficient (Wildman–Crippen LogP) is 1.61. The van der Waals surface area contributed by atoms with Crippen LogP contribution in [0.4, 0.5) is 10.2 Å². The van der Waals surface area contributed by atoms with Crippen LogP contribution < -0.4 is 21.2 Å². The smallest absolute Gasteiger partial charge is 0.227 e. The number of rotatable bonds is 11. The quantitative estimate of drug-likeness (QED) is 0.211. The zero-order valence-electron chi connectivity index (χ0n) is 15.8. The van der Waals surface area contributed by atoms with Gasteiger partial charge in [-0.1, -0.05) is 6.08 Å². The molecule has 2 rings (SSSR count). The number of H-pyrrole nitrogens is 1. The van der Waals surface area contributed by atoms with Crippen LogP contribution in [0.15, 0.2) is 28.9 Å². The number of hydrazone groups is 1. The van der Waals surface area contributed by atoms with E-state index in [1.165, 1.54) is 17.6 Å². The molecular formula is C17H21FN8O2S. The van der Waals surface area contributed by atoms with Crippen molar-refractivity contribution in [3.63, 3.8) is 0 Å². The Labute approximate surface area is 170 Å². The van der Waals surface area contributed by atoms with Crippen molar-refractivity contribution in [3.05, 3.63) is 39.4 Å². The van der Waals surface area contributed by atoms with Crippen molar-refractivity contribution < 1.29 is 13.9 Å². The molecule has 12 heteroatoms. The van der Waals surface area contributed by atoms with Crippen LogP contribution in [0.1, 0.15) is 15.6 Å². The lowest BCUT2D eigenvalue weighted by atomic mass is 10.1. The molecule has 2 aromatic heterocycles. The van der Waals surface area contributed by atoms with E-state index in [4.69, 9.17) is 15.9 Å². The number of methoxy groups -OCH3 is 1. The van der Waals surface area contributed by atoms with Gasteiger partial charge >= 0.3 is 0 Å². The molecule has 0 aliphatic heterocycles. The van der Waals surface area contributed by atoms with Crippen LogP contribution in [0.2, 0.25) is 0 Å². The van der Waals surface area contributed by atoms with Gasteiger partial charge in [0.05, 0.1) is 42.0 Å². The lowest BCUT2D eigenvalue weighted by Gasteiger charge is -2.03.